The zero-order chi connectivity index (χ0) is 10.6. The summed E-state index contributed by atoms with van der Waals surface area (Å²) in [7, 11) is 0. The van der Waals surface area contributed by atoms with Crippen LogP contribution in [0.25, 0.3) is 0 Å². The van der Waals surface area contributed by atoms with Crippen LogP contribution in [0.5, 0.6) is 0 Å². The molecule has 1 atom stereocenters. The van der Waals surface area contributed by atoms with E-state index in [4.69, 9.17) is 4.74 Å². The molecule has 0 saturated carbocycles. The highest BCUT2D eigenvalue weighted by molar-refractivity contribution is 9.10. The Morgan fingerprint density at radius 2 is 2.00 bits per heavy atom. The van der Waals surface area contributed by atoms with Gasteiger partial charge in [-0.1, -0.05) is 41.9 Å². The lowest BCUT2D eigenvalue weighted by molar-refractivity contribution is 0.0235. The van der Waals surface area contributed by atoms with Crippen molar-refractivity contribution in [3.63, 3.8) is 0 Å². The average molecular weight is 257 g/mol. The van der Waals surface area contributed by atoms with Crippen LogP contribution in [0.2, 0.25) is 0 Å². The van der Waals surface area contributed by atoms with Gasteiger partial charge >= 0.3 is 0 Å². The first-order valence-corrected chi connectivity index (χ1v) is 5.75. The molecule has 1 aromatic rings. The molecule has 1 rings (SSSR count). The summed E-state index contributed by atoms with van der Waals surface area (Å²) in [5, 5.41) is 0. The third kappa shape index (κ3) is 3.81. The molecule has 78 valence electrons. The van der Waals surface area contributed by atoms with Crippen LogP contribution in [0.3, 0.4) is 0 Å². The Morgan fingerprint density at radius 1 is 1.29 bits per heavy atom. The van der Waals surface area contributed by atoms with Gasteiger partial charge in [-0.15, -0.1) is 0 Å². The van der Waals surface area contributed by atoms with Crippen LogP contribution in [0, 0.1) is 5.92 Å². The standard InChI is InChI=1S/C12H17BrO/c1-9(2)10(3)14-8-11-5-4-6-12(13)7-11/h4-7,9-10H,8H2,1-3H3. The third-order valence-corrected chi connectivity index (χ3v) is 2.83. The smallest absolute Gasteiger partial charge is 0.0721 e. The topological polar surface area (TPSA) is 9.23 Å². The summed E-state index contributed by atoms with van der Waals surface area (Å²) < 4.78 is 6.83. The van der Waals surface area contributed by atoms with Gasteiger partial charge in [0.15, 0.2) is 0 Å². The highest BCUT2D eigenvalue weighted by atomic mass is 79.9. The SMILES string of the molecule is CC(C)C(C)OCc1cccc(Br)c1. The Kier molecular flexibility index (Phi) is 4.63. The van der Waals surface area contributed by atoms with E-state index in [1.807, 2.05) is 12.1 Å². The van der Waals surface area contributed by atoms with Crippen molar-refractivity contribution >= 4 is 15.9 Å². The molecule has 2 heteroatoms. The second-order valence-electron chi connectivity index (χ2n) is 3.89. The minimum Gasteiger partial charge on any atom is -0.374 e. The molecule has 1 aromatic carbocycles. The van der Waals surface area contributed by atoms with Gasteiger partial charge in [0.25, 0.3) is 0 Å². The van der Waals surface area contributed by atoms with E-state index in [1.165, 1.54) is 5.56 Å². The van der Waals surface area contributed by atoms with Gasteiger partial charge in [0.1, 0.15) is 0 Å². The molecule has 0 amide bonds. The molecule has 0 aliphatic heterocycles. The summed E-state index contributed by atoms with van der Waals surface area (Å²) in [6, 6.07) is 8.23. The molecule has 0 aromatic heterocycles. The molecule has 0 saturated heterocycles. The van der Waals surface area contributed by atoms with Crippen LogP contribution in [-0.2, 0) is 11.3 Å². The van der Waals surface area contributed by atoms with Crippen molar-refractivity contribution in [1.29, 1.82) is 0 Å². The van der Waals surface area contributed by atoms with Gasteiger partial charge < -0.3 is 4.74 Å². The maximum absolute atomic E-state index is 5.72. The Labute approximate surface area is 94.6 Å². The van der Waals surface area contributed by atoms with Crippen LogP contribution in [-0.4, -0.2) is 6.10 Å². The molecular weight excluding hydrogens is 240 g/mol. The normalized spacial score (nSPS) is 13.2. The number of rotatable bonds is 4. The second-order valence-corrected chi connectivity index (χ2v) is 4.81. The molecule has 0 spiro atoms. The van der Waals surface area contributed by atoms with Gasteiger partial charge in [0, 0.05) is 4.47 Å². The van der Waals surface area contributed by atoms with E-state index in [0.717, 1.165) is 4.47 Å². The van der Waals surface area contributed by atoms with Crippen LogP contribution in [0.15, 0.2) is 28.7 Å². The number of ether oxygens (including phenoxy) is 1. The summed E-state index contributed by atoms with van der Waals surface area (Å²) in [5.41, 5.74) is 1.21. The molecule has 0 N–H and O–H groups in total. The van der Waals surface area contributed by atoms with Crippen molar-refractivity contribution in [2.75, 3.05) is 0 Å². The largest absolute Gasteiger partial charge is 0.374 e. The first-order chi connectivity index (χ1) is 6.59. The van der Waals surface area contributed by atoms with E-state index >= 15 is 0 Å². The molecule has 0 radical (unpaired) electrons. The number of hydrogen-bond acceptors (Lipinski definition) is 1. The zero-order valence-corrected chi connectivity index (χ0v) is 10.5. The van der Waals surface area contributed by atoms with E-state index in [1.54, 1.807) is 0 Å². The quantitative estimate of drug-likeness (QED) is 0.791. The highest BCUT2D eigenvalue weighted by Gasteiger charge is 2.06. The van der Waals surface area contributed by atoms with E-state index in [9.17, 15) is 0 Å². The second kappa shape index (κ2) is 5.52. The van der Waals surface area contributed by atoms with E-state index in [2.05, 4.69) is 48.8 Å². The summed E-state index contributed by atoms with van der Waals surface area (Å²) >= 11 is 3.44. The van der Waals surface area contributed by atoms with Gasteiger partial charge in [-0.3, -0.25) is 0 Å². The molecule has 0 bridgehead atoms. The number of benzene rings is 1. The molecule has 1 nitrogen and oxygen atoms in total. The predicted molar refractivity (Wildman–Crippen MR) is 63.2 cm³/mol. The first-order valence-electron chi connectivity index (χ1n) is 4.95. The fraction of sp³-hybridized carbons (Fsp3) is 0.500. The van der Waals surface area contributed by atoms with Crippen LogP contribution in [0.1, 0.15) is 26.3 Å². The maximum atomic E-state index is 5.72. The van der Waals surface area contributed by atoms with Crippen LogP contribution in [0.4, 0.5) is 0 Å². The Bertz CT molecular complexity index is 283. The predicted octanol–water partition coefficient (Wildman–Crippen LogP) is 4.01. The molecular formula is C12H17BrO. The summed E-state index contributed by atoms with van der Waals surface area (Å²) in [6.45, 7) is 7.15. The average Bonchev–Trinajstić information content (AvgIpc) is 2.14. The fourth-order valence-electron chi connectivity index (χ4n) is 1.05. The molecule has 0 fully saturated rings. The molecule has 14 heavy (non-hydrogen) atoms. The van der Waals surface area contributed by atoms with E-state index in [0.29, 0.717) is 18.6 Å². The van der Waals surface area contributed by atoms with Crippen molar-refractivity contribution in [1.82, 2.24) is 0 Å². The lowest BCUT2D eigenvalue weighted by Gasteiger charge is -2.16. The maximum Gasteiger partial charge on any atom is 0.0721 e. The van der Waals surface area contributed by atoms with Crippen LogP contribution >= 0.6 is 15.9 Å². The minimum atomic E-state index is 0.314. The monoisotopic (exact) mass is 256 g/mol. The lowest BCUT2D eigenvalue weighted by Crippen LogP contribution is -2.14. The minimum absolute atomic E-state index is 0.314. The fourth-order valence-corrected chi connectivity index (χ4v) is 1.49. The van der Waals surface area contributed by atoms with Crippen molar-refractivity contribution in [2.24, 2.45) is 5.92 Å². The number of halogens is 1. The number of hydrogen-bond donors (Lipinski definition) is 0. The highest BCUT2D eigenvalue weighted by Crippen LogP contribution is 2.14. The first kappa shape index (κ1) is 11.7. The molecule has 0 heterocycles. The van der Waals surface area contributed by atoms with Gasteiger partial charge in [-0.25, -0.2) is 0 Å². The van der Waals surface area contributed by atoms with Gasteiger partial charge in [-0.2, -0.15) is 0 Å². The summed E-state index contributed by atoms with van der Waals surface area (Å²) in [6.07, 6.45) is 0.314. The zero-order valence-electron chi connectivity index (χ0n) is 8.96. The van der Waals surface area contributed by atoms with Gasteiger partial charge in [0.05, 0.1) is 12.7 Å². The Hall–Kier alpha value is -0.340. The Morgan fingerprint density at radius 3 is 2.57 bits per heavy atom. The Balaban J connectivity index is 2.45. The lowest BCUT2D eigenvalue weighted by atomic mass is 10.1. The third-order valence-electron chi connectivity index (χ3n) is 2.34. The summed E-state index contributed by atoms with van der Waals surface area (Å²) in [5.74, 6) is 0.571. The van der Waals surface area contributed by atoms with Gasteiger partial charge in [-0.05, 0) is 30.5 Å². The van der Waals surface area contributed by atoms with E-state index < -0.39 is 0 Å². The van der Waals surface area contributed by atoms with Crippen molar-refractivity contribution in [3.8, 4) is 0 Å². The van der Waals surface area contributed by atoms with Crippen molar-refractivity contribution in [3.05, 3.63) is 34.3 Å². The van der Waals surface area contributed by atoms with Crippen molar-refractivity contribution in [2.45, 2.75) is 33.5 Å². The molecule has 0 aliphatic carbocycles. The van der Waals surface area contributed by atoms with Gasteiger partial charge in [0.2, 0.25) is 0 Å². The van der Waals surface area contributed by atoms with Crippen molar-refractivity contribution < 1.29 is 4.74 Å². The molecule has 1 unspecified atom stereocenters. The van der Waals surface area contributed by atoms with Crippen LogP contribution < -0.4 is 0 Å². The molecule has 0 aliphatic rings. The summed E-state index contributed by atoms with van der Waals surface area (Å²) in [4.78, 5) is 0. The van der Waals surface area contributed by atoms with E-state index in [-0.39, 0.29) is 0 Å².